The highest BCUT2D eigenvalue weighted by molar-refractivity contribution is 5.94. The van der Waals surface area contributed by atoms with E-state index in [1.165, 1.54) is 5.56 Å². The number of nitrogens with two attached hydrogens (primary N) is 1. The van der Waals surface area contributed by atoms with Gasteiger partial charge >= 0.3 is 0 Å². The maximum absolute atomic E-state index is 12.2. The Morgan fingerprint density at radius 1 is 1.38 bits per heavy atom. The molecule has 0 saturated heterocycles. The Labute approximate surface area is 129 Å². The van der Waals surface area contributed by atoms with Crippen molar-refractivity contribution in [1.82, 2.24) is 15.5 Å². The van der Waals surface area contributed by atoms with E-state index >= 15 is 0 Å². The van der Waals surface area contributed by atoms with Crippen LogP contribution in [0.1, 0.15) is 33.6 Å². The quantitative estimate of drug-likeness (QED) is 0.805. The predicted molar refractivity (Wildman–Crippen MR) is 83.4 cm³/mol. The first-order chi connectivity index (χ1) is 9.76. The maximum Gasteiger partial charge on any atom is 0.251 e. The molecule has 1 aliphatic rings. The summed E-state index contributed by atoms with van der Waals surface area (Å²) in [7, 11) is 0. The van der Waals surface area contributed by atoms with Gasteiger partial charge in [-0.25, -0.2) is 0 Å². The number of aromatic amines is 1. The van der Waals surface area contributed by atoms with Gasteiger partial charge in [-0.1, -0.05) is 12.1 Å². The molecule has 6 heteroatoms. The van der Waals surface area contributed by atoms with Crippen molar-refractivity contribution in [2.24, 2.45) is 5.73 Å². The van der Waals surface area contributed by atoms with Gasteiger partial charge in [0.05, 0.1) is 6.20 Å². The van der Waals surface area contributed by atoms with Crippen molar-refractivity contribution in [3.63, 3.8) is 0 Å². The average Bonchev–Trinajstić information content (AvgIpc) is 2.95. The minimum atomic E-state index is -0.0264. The molecule has 0 bridgehead atoms. The molecule has 0 radical (unpaired) electrons. The van der Waals surface area contributed by atoms with E-state index in [0.29, 0.717) is 12.1 Å². The molecule has 0 spiro atoms. The lowest BCUT2D eigenvalue weighted by Gasteiger charge is -2.22. The predicted octanol–water partition coefficient (Wildman–Crippen LogP) is 1.58. The fraction of sp³-hybridized carbons (Fsp3) is 0.333. The Bertz CT molecular complexity index is 608. The fourth-order valence-electron chi connectivity index (χ4n) is 2.59. The Hall–Kier alpha value is -1.85. The third kappa shape index (κ3) is 3.43. The number of aryl methyl sites for hydroxylation is 1. The van der Waals surface area contributed by atoms with Crippen molar-refractivity contribution >= 4 is 18.3 Å². The first-order valence-corrected chi connectivity index (χ1v) is 6.87. The van der Waals surface area contributed by atoms with Gasteiger partial charge in [0.1, 0.15) is 0 Å². The third-order valence-electron chi connectivity index (χ3n) is 3.81. The molecule has 21 heavy (non-hydrogen) atoms. The number of halogens is 1. The summed E-state index contributed by atoms with van der Waals surface area (Å²) in [6.07, 6.45) is 4.61. The number of hydrogen-bond donors (Lipinski definition) is 3. The number of nitrogens with zero attached hydrogens (tertiary/aromatic N) is 1. The van der Waals surface area contributed by atoms with E-state index in [0.717, 1.165) is 30.5 Å². The molecule has 1 atom stereocenters. The minimum Gasteiger partial charge on any atom is -0.349 e. The lowest BCUT2D eigenvalue weighted by atomic mass is 9.93. The number of carbonyl (C=O) groups is 1. The summed E-state index contributed by atoms with van der Waals surface area (Å²) in [4.78, 5) is 12.2. The number of H-pyrrole nitrogens is 1. The average molecular weight is 307 g/mol. The lowest BCUT2D eigenvalue weighted by molar-refractivity contribution is 0.0933. The molecule has 0 saturated carbocycles. The summed E-state index contributed by atoms with van der Waals surface area (Å²) < 4.78 is 0. The SMILES string of the molecule is Cl.NCc1ccc(C(=O)NC2CCc3cn[nH]c3C2)cc1. The van der Waals surface area contributed by atoms with Crippen LogP contribution < -0.4 is 11.1 Å². The van der Waals surface area contributed by atoms with E-state index in [1.54, 1.807) is 0 Å². The molecule has 112 valence electrons. The van der Waals surface area contributed by atoms with Crippen LogP contribution in [0.4, 0.5) is 0 Å². The molecule has 1 unspecified atom stereocenters. The molecule has 2 aromatic rings. The molecule has 1 amide bonds. The summed E-state index contributed by atoms with van der Waals surface area (Å²) in [6, 6.07) is 7.60. The fourth-order valence-corrected chi connectivity index (χ4v) is 2.59. The molecular weight excluding hydrogens is 288 g/mol. The van der Waals surface area contributed by atoms with Gasteiger partial charge in [-0.15, -0.1) is 12.4 Å². The van der Waals surface area contributed by atoms with Crippen molar-refractivity contribution in [2.75, 3.05) is 0 Å². The Morgan fingerprint density at radius 3 is 2.86 bits per heavy atom. The van der Waals surface area contributed by atoms with Gasteiger partial charge in [0.2, 0.25) is 0 Å². The number of rotatable bonds is 3. The van der Waals surface area contributed by atoms with Crippen molar-refractivity contribution in [3.8, 4) is 0 Å². The van der Waals surface area contributed by atoms with E-state index in [9.17, 15) is 4.79 Å². The van der Waals surface area contributed by atoms with Crippen LogP contribution in [0.2, 0.25) is 0 Å². The highest BCUT2D eigenvalue weighted by Gasteiger charge is 2.21. The van der Waals surface area contributed by atoms with Crippen LogP contribution in [0, 0.1) is 0 Å². The van der Waals surface area contributed by atoms with Gasteiger partial charge in [-0.2, -0.15) is 5.10 Å². The summed E-state index contributed by atoms with van der Waals surface area (Å²) in [5.41, 5.74) is 9.66. The topological polar surface area (TPSA) is 83.8 Å². The summed E-state index contributed by atoms with van der Waals surface area (Å²) >= 11 is 0. The number of amides is 1. The number of fused-ring (bicyclic) bond motifs is 1. The minimum absolute atomic E-state index is 0. The highest BCUT2D eigenvalue weighted by atomic mass is 35.5. The Kier molecular flexibility index (Phi) is 4.98. The zero-order valence-electron chi connectivity index (χ0n) is 11.6. The van der Waals surface area contributed by atoms with Gasteiger partial charge in [0.15, 0.2) is 0 Å². The molecule has 1 heterocycles. The number of nitrogens with one attached hydrogen (secondary N) is 2. The number of carbonyl (C=O) groups excluding carboxylic acids is 1. The zero-order valence-corrected chi connectivity index (χ0v) is 12.5. The standard InChI is InChI=1S/C15H18N4O.ClH/c16-8-10-1-3-11(4-2-10)15(20)18-13-6-5-12-9-17-19-14(12)7-13;/h1-4,9,13H,5-8,16H2,(H,17,19)(H,18,20);1H. The van der Waals surface area contributed by atoms with E-state index in [1.807, 2.05) is 30.5 Å². The maximum atomic E-state index is 12.2. The number of aromatic nitrogens is 2. The molecule has 1 aromatic carbocycles. The van der Waals surface area contributed by atoms with Crippen LogP contribution in [0.25, 0.3) is 0 Å². The molecule has 5 nitrogen and oxygen atoms in total. The Balaban J connectivity index is 0.00000161. The van der Waals surface area contributed by atoms with Crippen LogP contribution in [0.15, 0.2) is 30.5 Å². The van der Waals surface area contributed by atoms with Crippen LogP contribution in [0.3, 0.4) is 0 Å². The molecular formula is C15H19ClN4O. The van der Waals surface area contributed by atoms with Crippen LogP contribution in [-0.2, 0) is 19.4 Å². The highest BCUT2D eigenvalue weighted by Crippen LogP contribution is 2.19. The molecule has 1 aliphatic carbocycles. The Morgan fingerprint density at radius 2 is 2.14 bits per heavy atom. The van der Waals surface area contributed by atoms with Gasteiger partial charge < -0.3 is 11.1 Å². The van der Waals surface area contributed by atoms with E-state index in [-0.39, 0.29) is 24.4 Å². The second-order valence-electron chi connectivity index (χ2n) is 5.19. The van der Waals surface area contributed by atoms with Gasteiger partial charge in [-0.05, 0) is 36.1 Å². The third-order valence-corrected chi connectivity index (χ3v) is 3.81. The van der Waals surface area contributed by atoms with E-state index in [2.05, 4.69) is 15.5 Å². The number of hydrogen-bond acceptors (Lipinski definition) is 3. The first-order valence-electron chi connectivity index (χ1n) is 6.87. The van der Waals surface area contributed by atoms with Crippen LogP contribution >= 0.6 is 12.4 Å². The molecule has 0 aliphatic heterocycles. The summed E-state index contributed by atoms with van der Waals surface area (Å²) in [5, 5.41) is 10.1. The summed E-state index contributed by atoms with van der Waals surface area (Å²) in [6.45, 7) is 0.493. The van der Waals surface area contributed by atoms with Crippen LogP contribution in [0.5, 0.6) is 0 Å². The van der Waals surface area contributed by atoms with Gasteiger partial charge in [-0.3, -0.25) is 9.89 Å². The molecule has 4 N–H and O–H groups in total. The lowest BCUT2D eigenvalue weighted by Crippen LogP contribution is -2.38. The number of benzene rings is 1. The van der Waals surface area contributed by atoms with E-state index < -0.39 is 0 Å². The second-order valence-corrected chi connectivity index (χ2v) is 5.19. The normalized spacial score (nSPS) is 16.7. The first kappa shape index (κ1) is 15.5. The molecule has 0 fully saturated rings. The van der Waals surface area contributed by atoms with Crippen molar-refractivity contribution < 1.29 is 4.79 Å². The van der Waals surface area contributed by atoms with Gasteiger partial charge in [0, 0.05) is 30.3 Å². The smallest absolute Gasteiger partial charge is 0.251 e. The zero-order chi connectivity index (χ0) is 13.9. The van der Waals surface area contributed by atoms with Gasteiger partial charge in [0.25, 0.3) is 5.91 Å². The summed E-state index contributed by atoms with van der Waals surface area (Å²) in [5.74, 6) is -0.0264. The second kappa shape index (κ2) is 6.74. The monoisotopic (exact) mass is 306 g/mol. The van der Waals surface area contributed by atoms with Crippen molar-refractivity contribution in [3.05, 3.63) is 52.8 Å². The van der Waals surface area contributed by atoms with Crippen molar-refractivity contribution in [1.29, 1.82) is 0 Å². The van der Waals surface area contributed by atoms with Crippen LogP contribution in [-0.4, -0.2) is 22.1 Å². The largest absolute Gasteiger partial charge is 0.349 e. The van der Waals surface area contributed by atoms with E-state index in [4.69, 9.17) is 5.73 Å². The molecule has 1 aromatic heterocycles. The van der Waals surface area contributed by atoms with Crippen molar-refractivity contribution in [2.45, 2.75) is 31.8 Å². The molecule has 3 rings (SSSR count).